The van der Waals surface area contributed by atoms with E-state index in [4.69, 9.17) is 0 Å². The fraction of sp³-hybridized carbons (Fsp3) is 0.278. The molecule has 0 unspecified atom stereocenters. The molecule has 0 fully saturated rings. The summed E-state index contributed by atoms with van der Waals surface area (Å²) in [5, 5.41) is 0.882. The van der Waals surface area contributed by atoms with Crippen molar-refractivity contribution in [3.8, 4) is 0 Å². The van der Waals surface area contributed by atoms with Crippen LogP contribution in [-0.2, 0) is 6.54 Å². The second kappa shape index (κ2) is 6.45. The van der Waals surface area contributed by atoms with Crippen molar-refractivity contribution in [1.29, 1.82) is 0 Å². The highest BCUT2D eigenvalue weighted by atomic mass is 32.1. The maximum absolute atomic E-state index is 12.6. The summed E-state index contributed by atoms with van der Waals surface area (Å²) in [6.07, 6.45) is 1.83. The number of thiazole rings is 2. The van der Waals surface area contributed by atoms with Gasteiger partial charge in [-0.25, -0.2) is 4.98 Å². The summed E-state index contributed by atoms with van der Waals surface area (Å²) in [7, 11) is 0. The molecule has 2 heterocycles. The van der Waals surface area contributed by atoms with Gasteiger partial charge in [-0.2, -0.15) is 4.99 Å². The van der Waals surface area contributed by atoms with Gasteiger partial charge in [0.15, 0.2) is 4.80 Å². The van der Waals surface area contributed by atoms with Crippen molar-refractivity contribution >= 4 is 38.8 Å². The maximum Gasteiger partial charge on any atom is 0.291 e. The number of carbonyl (C=O) groups is 1. The molecule has 3 rings (SSSR count). The lowest BCUT2D eigenvalue weighted by atomic mass is 10.1. The third kappa shape index (κ3) is 2.99. The van der Waals surface area contributed by atoms with Gasteiger partial charge in [-0.05, 0) is 51.0 Å². The number of fused-ring (bicyclic) bond motifs is 1. The summed E-state index contributed by atoms with van der Waals surface area (Å²) in [6.45, 7) is 12.4. The maximum atomic E-state index is 12.6. The molecule has 0 aliphatic carbocycles. The zero-order chi connectivity index (χ0) is 17.4. The number of nitrogens with zero attached hydrogens (tertiary/aromatic N) is 3. The predicted octanol–water partition coefficient (Wildman–Crippen LogP) is 4.32. The normalized spacial score (nSPS) is 12.1. The van der Waals surface area contributed by atoms with Gasteiger partial charge in [0.2, 0.25) is 0 Å². The Hall–Kier alpha value is -2.05. The molecule has 0 atom stereocenters. The topological polar surface area (TPSA) is 47.2 Å². The highest BCUT2D eigenvalue weighted by molar-refractivity contribution is 7.16. The van der Waals surface area contributed by atoms with Crippen molar-refractivity contribution in [3.05, 3.63) is 56.3 Å². The van der Waals surface area contributed by atoms with Crippen molar-refractivity contribution in [2.75, 3.05) is 0 Å². The summed E-state index contributed by atoms with van der Waals surface area (Å²) >= 11 is 2.93. The monoisotopic (exact) mass is 357 g/mol. The molecule has 0 radical (unpaired) electrons. The first-order chi connectivity index (χ1) is 11.4. The molecule has 0 N–H and O–H groups in total. The van der Waals surface area contributed by atoms with Gasteiger partial charge in [0.1, 0.15) is 4.88 Å². The van der Waals surface area contributed by atoms with E-state index in [9.17, 15) is 4.79 Å². The summed E-state index contributed by atoms with van der Waals surface area (Å²) in [5.74, 6) is -0.226. The average Bonchev–Trinajstić information content (AvgIpc) is 3.01. The van der Waals surface area contributed by atoms with Gasteiger partial charge in [0.05, 0.1) is 20.9 Å². The second-order valence-corrected chi connectivity index (χ2v) is 7.96. The first-order valence-electron chi connectivity index (χ1n) is 7.65. The second-order valence-electron chi connectivity index (χ2n) is 5.75. The van der Waals surface area contributed by atoms with Crippen molar-refractivity contribution in [2.45, 2.75) is 34.2 Å². The van der Waals surface area contributed by atoms with Crippen LogP contribution in [0.25, 0.3) is 10.2 Å². The molecule has 1 amide bonds. The van der Waals surface area contributed by atoms with E-state index in [1.807, 2.05) is 24.5 Å². The fourth-order valence-electron chi connectivity index (χ4n) is 2.58. The standard InChI is InChI=1S/C18H19N3OS2/c1-6-7-21-14-8-10(2)11(3)9-15(14)24-18(21)20-17(22)16-12(4)19-13(5)23-16/h6,8-9H,1,7H2,2-5H3. The van der Waals surface area contributed by atoms with E-state index in [2.05, 4.69) is 42.5 Å². The Balaban J connectivity index is 2.20. The lowest BCUT2D eigenvalue weighted by Crippen LogP contribution is -2.16. The van der Waals surface area contributed by atoms with Gasteiger partial charge in [-0.1, -0.05) is 17.4 Å². The molecule has 0 spiro atoms. The molecule has 1 aromatic carbocycles. The zero-order valence-electron chi connectivity index (χ0n) is 14.2. The van der Waals surface area contributed by atoms with Crippen molar-refractivity contribution in [2.24, 2.45) is 4.99 Å². The van der Waals surface area contributed by atoms with Crippen LogP contribution >= 0.6 is 22.7 Å². The summed E-state index contributed by atoms with van der Waals surface area (Å²) in [4.78, 5) is 22.6. The zero-order valence-corrected chi connectivity index (χ0v) is 15.8. The van der Waals surface area contributed by atoms with E-state index >= 15 is 0 Å². The highest BCUT2D eigenvalue weighted by Gasteiger charge is 2.14. The third-order valence-electron chi connectivity index (χ3n) is 3.90. The minimum Gasteiger partial charge on any atom is -0.312 e. The van der Waals surface area contributed by atoms with E-state index in [0.717, 1.165) is 20.9 Å². The third-order valence-corrected chi connectivity index (χ3v) is 6.01. The van der Waals surface area contributed by atoms with Crippen LogP contribution in [0.5, 0.6) is 0 Å². The van der Waals surface area contributed by atoms with E-state index in [1.165, 1.54) is 33.8 Å². The molecule has 24 heavy (non-hydrogen) atoms. The molecule has 0 aliphatic heterocycles. The summed E-state index contributed by atoms with van der Waals surface area (Å²) < 4.78 is 3.17. The number of benzene rings is 1. The number of aromatic nitrogens is 2. The number of allylic oxidation sites excluding steroid dienone is 1. The van der Waals surface area contributed by atoms with Gasteiger partial charge in [-0.3, -0.25) is 4.79 Å². The Morgan fingerprint density at radius 2 is 1.96 bits per heavy atom. The fourth-order valence-corrected chi connectivity index (χ4v) is 4.50. The highest BCUT2D eigenvalue weighted by Crippen LogP contribution is 2.23. The van der Waals surface area contributed by atoms with Crippen LogP contribution in [0.2, 0.25) is 0 Å². The molecule has 0 saturated carbocycles. The number of hydrogen-bond acceptors (Lipinski definition) is 4. The van der Waals surface area contributed by atoms with Gasteiger partial charge < -0.3 is 4.57 Å². The molecule has 0 saturated heterocycles. The van der Waals surface area contributed by atoms with Crippen LogP contribution in [0.3, 0.4) is 0 Å². The Bertz CT molecular complexity index is 1020. The first kappa shape index (κ1) is 16.8. The molecule has 0 bridgehead atoms. The minimum absolute atomic E-state index is 0.226. The Kier molecular flexibility index (Phi) is 4.51. The number of amides is 1. The lowest BCUT2D eigenvalue weighted by Gasteiger charge is -2.03. The number of rotatable bonds is 3. The molecule has 124 valence electrons. The Morgan fingerprint density at radius 1 is 1.25 bits per heavy atom. The largest absolute Gasteiger partial charge is 0.312 e. The van der Waals surface area contributed by atoms with Crippen LogP contribution < -0.4 is 4.80 Å². The van der Waals surface area contributed by atoms with E-state index in [1.54, 1.807) is 0 Å². The average molecular weight is 358 g/mol. The molecule has 0 aliphatic rings. The Morgan fingerprint density at radius 3 is 2.58 bits per heavy atom. The van der Waals surface area contributed by atoms with E-state index in [0.29, 0.717) is 16.2 Å². The van der Waals surface area contributed by atoms with Crippen molar-refractivity contribution in [3.63, 3.8) is 0 Å². The smallest absolute Gasteiger partial charge is 0.291 e. The van der Waals surface area contributed by atoms with Crippen LogP contribution in [0.15, 0.2) is 29.8 Å². The van der Waals surface area contributed by atoms with Gasteiger partial charge in [-0.15, -0.1) is 17.9 Å². The number of aryl methyl sites for hydroxylation is 4. The van der Waals surface area contributed by atoms with Gasteiger partial charge in [0.25, 0.3) is 5.91 Å². The lowest BCUT2D eigenvalue weighted by molar-refractivity contribution is 0.100. The SMILES string of the molecule is C=CCn1c(=NC(=O)c2sc(C)nc2C)sc2cc(C)c(C)cc21. The first-order valence-corrected chi connectivity index (χ1v) is 9.28. The van der Waals surface area contributed by atoms with Crippen molar-refractivity contribution < 1.29 is 4.79 Å². The molecule has 2 aromatic heterocycles. The summed E-state index contributed by atoms with van der Waals surface area (Å²) in [5.41, 5.74) is 4.30. The number of hydrogen-bond donors (Lipinski definition) is 0. The van der Waals surface area contributed by atoms with Crippen LogP contribution in [0, 0.1) is 27.7 Å². The van der Waals surface area contributed by atoms with E-state index in [-0.39, 0.29) is 5.91 Å². The molecule has 6 heteroatoms. The predicted molar refractivity (Wildman–Crippen MR) is 101 cm³/mol. The van der Waals surface area contributed by atoms with Crippen LogP contribution in [-0.4, -0.2) is 15.5 Å². The van der Waals surface area contributed by atoms with E-state index < -0.39 is 0 Å². The molecular weight excluding hydrogens is 338 g/mol. The number of carbonyl (C=O) groups excluding carboxylic acids is 1. The molecular formula is C18H19N3OS2. The molecule has 3 aromatic rings. The quantitative estimate of drug-likeness (QED) is 0.655. The summed E-state index contributed by atoms with van der Waals surface area (Å²) in [6, 6.07) is 4.30. The van der Waals surface area contributed by atoms with Gasteiger partial charge >= 0.3 is 0 Å². The Labute approximate surface area is 148 Å². The minimum atomic E-state index is -0.226. The van der Waals surface area contributed by atoms with Crippen LogP contribution in [0.4, 0.5) is 0 Å². The van der Waals surface area contributed by atoms with Crippen molar-refractivity contribution in [1.82, 2.24) is 9.55 Å². The van der Waals surface area contributed by atoms with Crippen LogP contribution in [0.1, 0.15) is 31.5 Å². The molecule has 4 nitrogen and oxygen atoms in total. The van der Waals surface area contributed by atoms with Gasteiger partial charge in [0, 0.05) is 6.54 Å².